The Balaban J connectivity index is 1.58. The molecule has 1 fully saturated rings. The van der Waals surface area contributed by atoms with Gasteiger partial charge < -0.3 is 20.9 Å². The summed E-state index contributed by atoms with van der Waals surface area (Å²) in [6.45, 7) is 5.48. The van der Waals surface area contributed by atoms with Crippen molar-refractivity contribution in [2.24, 2.45) is 12.0 Å². The van der Waals surface area contributed by atoms with Gasteiger partial charge in [-0.1, -0.05) is 12.1 Å². The lowest BCUT2D eigenvalue weighted by Gasteiger charge is -2.16. The van der Waals surface area contributed by atoms with E-state index in [-0.39, 0.29) is 6.03 Å². The molecule has 2 amide bonds. The molecular weight excluding hydrogens is 356 g/mol. The van der Waals surface area contributed by atoms with E-state index < -0.39 is 0 Å². The molecule has 150 valence electrons. The Kier molecular flexibility index (Phi) is 6.83. The summed E-state index contributed by atoms with van der Waals surface area (Å²) in [5, 5.41) is 13.5. The van der Waals surface area contributed by atoms with Crippen molar-refractivity contribution >= 4 is 17.7 Å². The highest BCUT2D eigenvalue weighted by atomic mass is 16.2. The van der Waals surface area contributed by atoms with Gasteiger partial charge in [0, 0.05) is 32.4 Å². The average Bonchev–Trinajstić information content (AvgIpc) is 3.36. The number of benzene rings is 1. The van der Waals surface area contributed by atoms with Crippen molar-refractivity contribution in [2.75, 3.05) is 25.0 Å². The van der Waals surface area contributed by atoms with Gasteiger partial charge >= 0.3 is 6.03 Å². The molecule has 0 radical (unpaired) electrons. The molecule has 1 aliphatic rings. The van der Waals surface area contributed by atoms with Crippen LogP contribution in [-0.2, 0) is 20.1 Å². The summed E-state index contributed by atoms with van der Waals surface area (Å²) in [4.78, 5) is 22.9. The van der Waals surface area contributed by atoms with E-state index in [1.165, 1.54) is 6.33 Å². The number of aliphatic imine (C=N–C) groups is 1. The molecule has 9 heteroatoms. The van der Waals surface area contributed by atoms with Gasteiger partial charge in [0.05, 0.1) is 13.1 Å². The van der Waals surface area contributed by atoms with Crippen LogP contribution in [0.25, 0.3) is 0 Å². The lowest BCUT2D eigenvalue weighted by atomic mass is 10.2. The third kappa shape index (κ3) is 5.45. The number of carbonyl (C=O) groups excluding carboxylic acids is 1. The van der Waals surface area contributed by atoms with Crippen LogP contribution < -0.4 is 16.0 Å². The van der Waals surface area contributed by atoms with E-state index in [1.54, 1.807) is 4.68 Å². The molecule has 0 spiro atoms. The number of carbonyl (C=O) groups is 1. The second kappa shape index (κ2) is 9.72. The highest BCUT2D eigenvalue weighted by Gasteiger charge is 2.17. The van der Waals surface area contributed by atoms with Gasteiger partial charge in [-0.15, -0.1) is 0 Å². The maximum absolute atomic E-state index is 12.3. The molecule has 0 atom stereocenters. The lowest BCUT2D eigenvalue weighted by molar-refractivity contribution is 0.222. The number of urea groups is 1. The van der Waals surface area contributed by atoms with Crippen LogP contribution in [0.4, 0.5) is 10.5 Å². The maximum atomic E-state index is 12.3. The van der Waals surface area contributed by atoms with Crippen LogP contribution in [0, 0.1) is 0 Å². The topological polar surface area (TPSA) is 99.5 Å². The smallest absolute Gasteiger partial charge is 0.321 e. The fourth-order valence-electron chi connectivity index (χ4n) is 3.03. The number of guanidine groups is 1. The number of aryl methyl sites for hydroxylation is 1. The van der Waals surface area contributed by atoms with Crippen molar-refractivity contribution in [3.63, 3.8) is 0 Å². The maximum Gasteiger partial charge on any atom is 0.321 e. The standard InChI is InChI=1S/C19H28N8O/c1-3-20-18(22-13-17-23-14-24-26(17)2)21-12-15-7-6-8-16(11-15)25-19(28)27-9-4-5-10-27/h6-8,11,14H,3-5,9-10,12-13H2,1-2H3,(H,25,28)(H2,20,21,22). The fraction of sp³-hybridized carbons (Fsp3) is 0.474. The molecule has 2 heterocycles. The predicted octanol–water partition coefficient (Wildman–Crippen LogP) is 1.70. The number of likely N-dealkylation sites (tertiary alicyclic amines) is 1. The molecular formula is C19H28N8O. The monoisotopic (exact) mass is 384 g/mol. The summed E-state index contributed by atoms with van der Waals surface area (Å²) >= 11 is 0. The Morgan fingerprint density at radius 1 is 1.25 bits per heavy atom. The molecule has 1 saturated heterocycles. The molecule has 0 unspecified atom stereocenters. The van der Waals surface area contributed by atoms with Crippen molar-refractivity contribution in [3.8, 4) is 0 Å². The average molecular weight is 384 g/mol. The normalized spacial score (nSPS) is 14.2. The molecule has 1 aromatic heterocycles. The number of hydrogen-bond acceptors (Lipinski definition) is 4. The first kappa shape index (κ1) is 19.7. The first-order chi connectivity index (χ1) is 13.7. The van der Waals surface area contributed by atoms with E-state index in [9.17, 15) is 4.79 Å². The number of nitrogens with zero attached hydrogens (tertiary/aromatic N) is 5. The van der Waals surface area contributed by atoms with Gasteiger partial charge in [0.25, 0.3) is 0 Å². The van der Waals surface area contributed by atoms with Crippen LogP contribution in [0.5, 0.6) is 0 Å². The molecule has 1 aliphatic heterocycles. The Labute approximate surface area is 165 Å². The summed E-state index contributed by atoms with van der Waals surface area (Å²) in [5.41, 5.74) is 1.82. The van der Waals surface area contributed by atoms with Crippen molar-refractivity contribution in [1.82, 2.24) is 30.3 Å². The van der Waals surface area contributed by atoms with Crippen molar-refractivity contribution in [3.05, 3.63) is 42.0 Å². The predicted molar refractivity (Wildman–Crippen MR) is 109 cm³/mol. The zero-order valence-corrected chi connectivity index (χ0v) is 16.5. The van der Waals surface area contributed by atoms with Gasteiger partial charge in [0.1, 0.15) is 12.2 Å². The number of amides is 2. The van der Waals surface area contributed by atoms with E-state index in [1.807, 2.05) is 43.1 Å². The minimum Gasteiger partial charge on any atom is -0.357 e. The summed E-state index contributed by atoms with van der Waals surface area (Å²) < 4.78 is 1.73. The van der Waals surface area contributed by atoms with E-state index in [2.05, 4.69) is 31.0 Å². The van der Waals surface area contributed by atoms with Gasteiger partial charge in [0.15, 0.2) is 5.96 Å². The number of nitrogens with one attached hydrogen (secondary N) is 3. The quantitative estimate of drug-likeness (QED) is 0.520. The van der Waals surface area contributed by atoms with Crippen molar-refractivity contribution < 1.29 is 4.79 Å². The number of aromatic nitrogens is 3. The molecule has 1 aromatic carbocycles. The van der Waals surface area contributed by atoms with E-state index in [0.29, 0.717) is 19.0 Å². The van der Waals surface area contributed by atoms with Crippen LogP contribution >= 0.6 is 0 Å². The Hall–Kier alpha value is -3.10. The molecule has 9 nitrogen and oxygen atoms in total. The Bertz CT molecular complexity index is 810. The van der Waals surface area contributed by atoms with E-state index in [4.69, 9.17) is 0 Å². The summed E-state index contributed by atoms with van der Waals surface area (Å²) in [6, 6.07) is 7.77. The third-order valence-electron chi connectivity index (χ3n) is 4.55. The van der Waals surface area contributed by atoms with Crippen molar-refractivity contribution in [1.29, 1.82) is 0 Å². The SMILES string of the molecule is CCNC(=NCc1cccc(NC(=O)N2CCCC2)c1)NCc1ncnn1C. The zero-order valence-electron chi connectivity index (χ0n) is 16.5. The number of hydrogen-bond donors (Lipinski definition) is 3. The zero-order chi connectivity index (χ0) is 19.8. The van der Waals surface area contributed by atoms with Crippen LogP contribution in [0.15, 0.2) is 35.6 Å². The fourth-order valence-corrected chi connectivity index (χ4v) is 3.03. The molecule has 0 bridgehead atoms. The molecule has 2 aromatic rings. The highest BCUT2D eigenvalue weighted by molar-refractivity contribution is 5.89. The van der Waals surface area contributed by atoms with Crippen LogP contribution in [0.1, 0.15) is 31.2 Å². The lowest BCUT2D eigenvalue weighted by Crippen LogP contribution is -2.37. The number of rotatable bonds is 6. The molecule has 28 heavy (non-hydrogen) atoms. The molecule has 3 N–H and O–H groups in total. The molecule has 0 saturated carbocycles. The second-order valence-corrected chi connectivity index (χ2v) is 6.67. The van der Waals surface area contributed by atoms with Crippen molar-refractivity contribution in [2.45, 2.75) is 32.9 Å². The number of anilines is 1. The Morgan fingerprint density at radius 2 is 2.07 bits per heavy atom. The third-order valence-corrected chi connectivity index (χ3v) is 4.55. The van der Waals surface area contributed by atoms with Crippen LogP contribution in [-0.4, -0.2) is 51.3 Å². The van der Waals surface area contributed by atoms with Crippen LogP contribution in [0.3, 0.4) is 0 Å². The molecule has 0 aliphatic carbocycles. The minimum absolute atomic E-state index is 0.0307. The first-order valence-corrected chi connectivity index (χ1v) is 9.65. The van der Waals surface area contributed by atoms with E-state index >= 15 is 0 Å². The first-order valence-electron chi connectivity index (χ1n) is 9.65. The summed E-state index contributed by atoms with van der Waals surface area (Å²) in [6.07, 6.45) is 3.69. The van der Waals surface area contributed by atoms with Gasteiger partial charge in [0.2, 0.25) is 0 Å². The van der Waals surface area contributed by atoms with Gasteiger partial charge in [-0.3, -0.25) is 4.68 Å². The summed E-state index contributed by atoms with van der Waals surface area (Å²) in [5.74, 6) is 1.54. The highest BCUT2D eigenvalue weighted by Crippen LogP contribution is 2.14. The van der Waals surface area contributed by atoms with Gasteiger partial charge in [-0.25, -0.2) is 14.8 Å². The van der Waals surface area contributed by atoms with Crippen LogP contribution in [0.2, 0.25) is 0 Å². The van der Waals surface area contributed by atoms with Gasteiger partial charge in [-0.2, -0.15) is 5.10 Å². The largest absolute Gasteiger partial charge is 0.357 e. The Morgan fingerprint density at radius 3 is 2.79 bits per heavy atom. The van der Waals surface area contributed by atoms with E-state index in [0.717, 1.165) is 49.6 Å². The molecule has 3 rings (SSSR count). The summed E-state index contributed by atoms with van der Waals surface area (Å²) in [7, 11) is 1.86. The minimum atomic E-state index is -0.0307. The second-order valence-electron chi connectivity index (χ2n) is 6.67. The van der Waals surface area contributed by atoms with Gasteiger partial charge in [-0.05, 0) is 37.5 Å².